The Balaban J connectivity index is 0.000000128. The number of hydrogen-bond donors (Lipinski definition) is 2. The molecule has 4 nitrogen and oxygen atoms in total. The third-order valence-electron chi connectivity index (χ3n) is 6.43. The highest BCUT2D eigenvalue weighted by Crippen LogP contribution is 2.31. The number of nitrogen functional groups attached to an aromatic ring is 2. The first-order valence-electron chi connectivity index (χ1n) is 11.0. The van der Waals surface area contributed by atoms with Crippen molar-refractivity contribution >= 4 is 33.2 Å². The third kappa shape index (κ3) is 3.36. The molecule has 0 spiro atoms. The predicted molar refractivity (Wildman–Crippen MR) is 126 cm³/mol. The largest absolute Gasteiger partial charge is 0.398 e. The number of fused-ring (bicyclic) bond motifs is 4. The number of nitrogens with two attached hydrogens (primary N) is 2. The van der Waals surface area contributed by atoms with E-state index in [9.17, 15) is 0 Å². The number of anilines is 2. The predicted octanol–water partition coefficient (Wildman–Crippen LogP) is 5.39. The van der Waals surface area contributed by atoms with Crippen molar-refractivity contribution in [2.24, 2.45) is 0 Å². The molecule has 30 heavy (non-hydrogen) atoms. The Kier molecular flexibility index (Phi) is 4.99. The molecule has 2 aromatic carbocycles. The van der Waals surface area contributed by atoms with E-state index in [1.54, 1.807) is 0 Å². The lowest BCUT2D eigenvalue weighted by atomic mass is 9.93. The van der Waals surface area contributed by atoms with Gasteiger partial charge in [-0.25, -0.2) is 0 Å². The van der Waals surface area contributed by atoms with Gasteiger partial charge in [0.1, 0.15) is 0 Å². The number of para-hydroxylation sites is 2. The first-order valence-corrected chi connectivity index (χ1v) is 11.0. The second-order valence-corrected chi connectivity index (χ2v) is 8.35. The molecule has 2 aliphatic carbocycles. The molecule has 2 heterocycles. The fourth-order valence-electron chi connectivity index (χ4n) is 4.82. The Hall–Kier alpha value is -3.14. The van der Waals surface area contributed by atoms with Gasteiger partial charge in [-0.15, -0.1) is 0 Å². The van der Waals surface area contributed by atoms with E-state index in [2.05, 4.69) is 12.1 Å². The lowest BCUT2D eigenvalue weighted by Crippen LogP contribution is -2.09. The van der Waals surface area contributed by atoms with Crippen LogP contribution in [0, 0.1) is 0 Å². The summed E-state index contributed by atoms with van der Waals surface area (Å²) in [5.41, 5.74) is 21.4. The van der Waals surface area contributed by atoms with Crippen molar-refractivity contribution in [2.75, 3.05) is 11.5 Å². The summed E-state index contributed by atoms with van der Waals surface area (Å²) in [6.07, 6.45) is 9.36. The van der Waals surface area contributed by atoms with E-state index in [1.807, 2.05) is 36.4 Å². The molecule has 0 bridgehead atoms. The van der Waals surface area contributed by atoms with Crippen LogP contribution in [0.4, 0.5) is 11.4 Å². The summed E-state index contributed by atoms with van der Waals surface area (Å²) < 4.78 is 0. The maximum absolute atomic E-state index is 6.20. The number of hydrogen-bond acceptors (Lipinski definition) is 4. The lowest BCUT2D eigenvalue weighted by molar-refractivity contribution is 0.673. The van der Waals surface area contributed by atoms with Crippen LogP contribution >= 0.6 is 0 Å². The minimum atomic E-state index is 0.954. The van der Waals surface area contributed by atoms with Gasteiger partial charge in [0.25, 0.3) is 0 Å². The quantitative estimate of drug-likeness (QED) is 0.418. The van der Waals surface area contributed by atoms with Crippen molar-refractivity contribution in [2.45, 2.75) is 51.4 Å². The number of nitrogens with zero attached hydrogens (tertiary/aromatic N) is 2. The second-order valence-electron chi connectivity index (χ2n) is 8.35. The summed E-state index contributed by atoms with van der Waals surface area (Å²) in [7, 11) is 0. The molecule has 4 heteroatoms. The molecule has 0 aliphatic heterocycles. The van der Waals surface area contributed by atoms with E-state index in [-0.39, 0.29) is 0 Å². The molecule has 0 saturated carbocycles. The Morgan fingerprint density at radius 3 is 1.40 bits per heavy atom. The maximum Gasteiger partial charge on any atom is 0.0726 e. The van der Waals surface area contributed by atoms with Gasteiger partial charge in [0, 0.05) is 33.5 Å². The molecule has 0 saturated heterocycles. The molecule has 0 atom stereocenters. The Morgan fingerprint density at radius 1 is 0.533 bits per heavy atom. The third-order valence-corrected chi connectivity index (χ3v) is 6.43. The smallest absolute Gasteiger partial charge is 0.0726 e. The van der Waals surface area contributed by atoms with Gasteiger partial charge in [-0.2, -0.15) is 0 Å². The van der Waals surface area contributed by atoms with Crippen LogP contribution in [0.3, 0.4) is 0 Å². The molecule has 152 valence electrons. The number of pyridine rings is 2. The monoisotopic (exact) mass is 396 g/mol. The van der Waals surface area contributed by atoms with Crippen molar-refractivity contribution in [3.63, 3.8) is 0 Å². The number of benzene rings is 2. The van der Waals surface area contributed by atoms with Crippen molar-refractivity contribution in [3.8, 4) is 0 Å². The molecule has 4 N–H and O–H groups in total. The summed E-state index contributed by atoms with van der Waals surface area (Å²) >= 11 is 0. The van der Waals surface area contributed by atoms with E-state index in [0.717, 1.165) is 58.9 Å². The van der Waals surface area contributed by atoms with Crippen LogP contribution in [-0.2, 0) is 25.7 Å². The highest BCUT2D eigenvalue weighted by atomic mass is 14.7. The van der Waals surface area contributed by atoms with E-state index >= 15 is 0 Å². The fourth-order valence-corrected chi connectivity index (χ4v) is 4.82. The van der Waals surface area contributed by atoms with E-state index in [0.29, 0.717) is 0 Å². The molecule has 0 radical (unpaired) electrons. The first-order chi connectivity index (χ1) is 14.7. The van der Waals surface area contributed by atoms with Crippen LogP contribution in [0.5, 0.6) is 0 Å². The van der Waals surface area contributed by atoms with Gasteiger partial charge in [-0.05, 0) is 74.6 Å². The first kappa shape index (κ1) is 18.9. The summed E-state index contributed by atoms with van der Waals surface area (Å²) in [5.74, 6) is 0. The van der Waals surface area contributed by atoms with Crippen LogP contribution in [-0.4, -0.2) is 9.97 Å². The molecule has 0 unspecified atom stereocenters. The Bertz CT molecular complexity index is 1130. The average Bonchev–Trinajstić information content (AvgIpc) is 2.80. The van der Waals surface area contributed by atoms with Gasteiger partial charge in [0.2, 0.25) is 0 Å². The zero-order valence-corrected chi connectivity index (χ0v) is 17.3. The molecule has 4 aromatic rings. The van der Waals surface area contributed by atoms with Gasteiger partial charge >= 0.3 is 0 Å². The summed E-state index contributed by atoms with van der Waals surface area (Å²) in [6, 6.07) is 16.3. The fraction of sp³-hybridized carbons (Fsp3) is 0.308. The van der Waals surface area contributed by atoms with Crippen molar-refractivity contribution < 1.29 is 0 Å². The van der Waals surface area contributed by atoms with E-state index in [1.165, 1.54) is 48.2 Å². The molecule has 2 aliphatic rings. The summed E-state index contributed by atoms with van der Waals surface area (Å²) in [6.45, 7) is 0. The van der Waals surface area contributed by atoms with Crippen molar-refractivity contribution in [1.82, 2.24) is 9.97 Å². The number of aryl methyl sites for hydroxylation is 2. The van der Waals surface area contributed by atoms with Gasteiger partial charge in [0.05, 0.1) is 11.0 Å². The zero-order chi connectivity index (χ0) is 20.5. The maximum atomic E-state index is 6.20. The molecular weight excluding hydrogens is 368 g/mol. The zero-order valence-electron chi connectivity index (χ0n) is 17.3. The van der Waals surface area contributed by atoms with Crippen LogP contribution in [0.25, 0.3) is 21.8 Å². The number of rotatable bonds is 0. The highest BCUT2D eigenvalue weighted by molar-refractivity contribution is 5.93. The van der Waals surface area contributed by atoms with Gasteiger partial charge in [-0.3, -0.25) is 9.97 Å². The summed E-state index contributed by atoms with van der Waals surface area (Å²) in [4.78, 5) is 9.39. The topological polar surface area (TPSA) is 77.8 Å². The van der Waals surface area contributed by atoms with Gasteiger partial charge in [0.15, 0.2) is 0 Å². The molecule has 2 aromatic heterocycles. The lowest BCUT2D eigenvalue weighted by Gasteiger charge is -2.18. The standard InChI is InChI=1S/2C13H14N2/c2*14-13-9-5-1-3-7-11(9)15-12-8-4-2-6-10(12)13/h2*1,3,5,7H,2,4,6,8H2,(H2,14,15). The highest BCUT2D eigenvalue weighted by Gasteiger charge is 2.16. The van der Waals surface area contributed by atoms with Crippen molar-refractivity contribution in [1.29, 1.82) is 0 Å². The van der Waals surface area contributed by atoms with E-state index in [4.69, 9.17) is 21.4 Å². The normalized spacial score (nSPS) is 15.2. The molecular formula is C26H28N4. The van der Waals surface area contributed by atoms with Crippen LogP contribution in [0.1, 0.15) is 48.2 Å². The van der Waals surface area contributed by atoms with Gasteiger partial charge < -0.3 is 11.5 Å². The molecule has 6 rings (SSSR count). The molecule has 0 amide bonds. The van der Waals surface area contributed by atoms with E-state index < -0.39 is 0 Å². The average molecular weight is 397 g/mol. The second kappa shape index (κ2) is 7.94. The molecule has 0 fully saturated rings. The van der Waals surface area contributed by atoms with Crippen LogP contribution in [0.15, 0.2) is 48.5 Å². The van der Waals surface area contributed by atoms with Crippen molar-refractivity contribution in [3.05, 3.63) is 71.0 Å². The minimum Gasteiger partial charge on any atom is -0.398 e. The number of aromatic nitrogens is 2. The van der Waals surface area contributed by atoms with Crippen LogP contribution in [0.2, 0.25) is 0 Å². The van der Waals surface area contributed by atoms with Gasteiger partial charge in [-0.1, -0.05) is 36.4 Å². The van der Waals surface area contributed by atoms with Crippen LogP contribution < -0.4 is 11.5 Å². The minimum absolute atomic E-state index is 0.954. The summed E-state index contributed by atoms with van der Waals surface area (Å²) in [5, 5.41) is 2.22. The SMILES string of the molecule is Nc1c2c(nc3ccccc13)CCCC2.Nc1c2c(nc3ccccc13)CCCC2. The Morgan fingerprint density at radius 2 is 0.933 bits per heavy atom. The Labute approximate surface area is 177 Å².